The molecule has 4 aromatic rings. The maximum atomic E-state index is 15.2. The van der Waals surface area contributed by atoms with Crippen molar-refractivity contribution in [1.82, 2.24) is 4.72 Å². The topological polar surface area (TPSA) is 81.7 Å². The van der Waals surface area contributed by atoms with E-state index >= 15 is 4.57 Å². The van der Waals surface area contributed by atoms with Gasteiger partial charge >= 0.3 is 7.60 Å². The summed E-state index contributed by atoms with van der Waals surface area (Å²) in [6, 6.07) is 28.5. The van der Waals surface area contributed by atoms with E-state index in [4.69, 9.17) is 9.05 Å². The van der Waals surface area contributed by atoms with E-state index in [1.165, 1.54) is 0 Å². The summed E-state index contributed by atoms with van der Waals surface area (Å²) in [6.07, 6.45) is 0.706. The van der Waals surface area contributed by atoms with Crippen LogP contribution < -0.4 is 13.8 Å². The Bertz CT molecular complexity index is 1550. The minimum atomic E-state index is -4.32. The van der Waals surface area contributed by atoms with Gasteiger partial charge in [-0.15, -0.1) is 0 Å². The standard InChI is InChI=1S/C30H30NO5PS/c1-22-20-23(2)29(24(3)21-22)38(33,34)31-30(19-18-25-12-10-11-17-28(25)30)37(32,35-26-13-6-4-7-14-26)36-27-15-8-5-9-16-27/h4-17,20-21,31H,18-19H2,1-3H3. The Balaban J connectivity index is 1.72. The molecule has 0 aromatic heterocycles. The minimum Gasteiger partial charge on any atom is -0.415 e. The van der Waals surface area contributed by atoms with Crippen molar-refractivity contribution < 1.29 is 22.0 Å². The van der Waals surface area contributed by atoms with Crippen molar-refractivity contribution in [2.75, 3.05) is 0 Å². The van der Waals surface area contributed by atoms with E-state index in [1.54, 1.807) is 68.4 Å². The van der Waals surface area contributed by atoms with Crippen LogP contribution in [0.1, 0.15) is 34.2 Å². The number of nitrogens with one attached hydrogen (secondary N) is 1. The second-order valence-electron chi connectivity index (χ2n) is 9.66. The van der Waals surface area contributed by atoms with Crippen LogP contribution in [0.15, 0.2) is 102 Å². The first-order valence-electron chi connectivity index (χ1n) is 12.4. The number of fused-ring (bicyclic) bond motifs is 1. The van der Waals surface area contributed by atoms with Crippen molar-refractivity contribution in [3.8, 4) is 11.5 Å². The predicted molar refractivity (Wildman–Crippen MR) is 149 cm³/mol. The summed E-state index contributed by atoms with van der Waals surface area (Å²) in [5.41, 5.74) is 3.66. The number of hydrogen-bond acceptors (Lipinski definition) is 5. The molecule has 4 aromatic carbocycles. The fourth-order valence-electron chi connectivity index (χ4n) is 5.32. The summed E-state index contributed by atoms with van der Waals surface area (Å²) in [7, 11) is -8.49. The molecule has 1 atom stereocenters. The van der Waals surface area contributed by atoms with Gasteiger partial charge in [-0.3, -0.25) is 0 Å². The number of rotatable bonds is 8. The molecule has 1 unspecified atom stereocenters. The molecule has 6 nitrogen and oxygen atoms in total. The van der Waals surface area contributed by atoms with E-state index in [2.05, 4.69) is 4.72 Å². The fourth-order valence-corrected chi connectivity index (χ4v) is 9.90. The molecule has 38 heavy (non-hydrogen) atoms. The average molecular weight is 548 g/mol. The lowest BCUT2D eigenvalue weighted by molar-refractivity contribution is 0.327. The molecular formula is C30H30NO5PS. The van der Waals surface area contributed by atoms with Crippen LogP contribution in [-0.4, -0.2) is 8.42 Å². The second kappa shape index (κ2) is 10.1. The molecule has 196 valence electrons. The van der Waals surface area contributed by atoms with Crippen LogP contribution in [0, 0.1) is 20.8 Å². The van der Waals surface area contributed by atoms with E-state index < -0.39 is 22.9 Å². The Morgan fingerprint density at radius 1 is 0.763 bits per heavy atom. The Morgan fingerprint density at radius 2 is 1.26 bits per heavy atom. The van der Waals surface area contributed by atoms with E-state index in [1.807, 2.05) is 49.4 Å². The van der Waals surface area contributed by atoms with Crippen LogP contribution in [0.2, 0.25) is 0 Å². The van der Waals surface area contributed by atoms with Gasteiger partial charge in [-0.05, 0) is 80.1 Å². The van der Waals surface area contributed by atoms with E-state index in [9.17, 15) is 8.42 Å². The van der Waals surface area contributed by atoms with Crippen molar-refractivity contribution in [2.24, 2.45) is 0 Å². The highest BCUT2D eigenvalue weighted by molar-refractivity contribution is 7.90. The van der Waals surface area contributed by atoms with Gasteiger partial charge in [-0.2, -0.15) is 4.72 Å². The minimum absolute atomic E-state index is 0.165. The first kappa shape index (κ1) is 26.2. The van der Waals surface area contributed by atoms with Gasteiger partial charge in [-0.25, -0.2) is 13.0 Å². The average Bonchev–Trinajstić information content (AvgIpc) is 3.24. The van der Waals surface area contributed by atoms with E-state index in [0.717, 1.165) is 11.1 Å². The summed E-state index contributed by atoms with van der Waals surface area (Å²) >= 11 is 0. The van der Waals surface area contributed by atoms with Crippen LogP contribution >= 0.6 is 7.60 Å². The zero-order valence-electron chi connectivity index (χ0n) is 21.5. The van der Waals surface area contributed by atoms with Crippen LogP contribution in [0.4, 0.5) is 0 Å². The SMILES string of the molecule is Cc1cc(C)c(S(=O)(=O)NC2(P(=O)(Oc3ccccc3)Oc3ccccc3)CCc3ccccc32)c(C)c1. The molecule has 1 aliphatic rings. The maximum absolute atomic E-state index is 15.2. The third-order valence-corrected chi connectivity index (χ3v) is 11.2. The number of para-hydroxylation sites is 2. The highest BCUT2D eigenvalue weighted by Gasteiger charge is 2.60. The second-order valence-corrected chi connectivity index (χ2v) is 13.4. The molecule has 1 aliphatic carbocycles. The summed E-state index contributed by atoms with van der Waals surface area (Å²) < 4.78 is 58.8. The molecule has 0 spiro atoms. The Labute approximate surface area is 224 Å². The first-order chi connectivity index (χ1) is 18.1. The van der Waals surface area contributed by atoms with Crippen molar-refractivity contribution in [3.63, 3.8) is 0 Å². The Morgan fingerprint density at radius 3 is 1.82 bits per heavy atom. The molecule has 0 radical (unpaired) electrons. The molecule has 5 rings (SSSR count). The molecule has 8 heteroatoms. The molecule has 0 amide bonds. The summed E-state index contributed by atoms with van der Waals surface area (Å²) in [6.45, 7) is 5.46. The van der Waals surface area contributed by atoms with Gasteiger partial charge in [0.1, 0.15) is 11.5 Å². The maximum Gasteiger partial charge on any atom is 0.456 e. The highest BCUT2D eigenvalue weighted by Crippen LogP contribution is 2.67. The zero-order valence-corrected chi connectivity index (χ0v) is 23.3. The van der Waals surface area contributed by atoms with Crippen LogP contribution in [-0.2, 0) is 26.3 Å². The smallest absolute Gasteiger partial charge is 0.415 e. The van der Waals surface area contributed by atoms with Gasteiger partial charge in [0.15, 0.2) is 5.28 Å². The largest absolute Gasteiger partial charge is 0.456 e. The molecule has 0 heterocycles. The van der Waals surface area contributed by atoms with Crippen LogP contribution in [0.5, 0.6) is 11.5 Å². The van der Waals surface area contributed by atoms with Gasteiger partial charge in [0.2, 0.25) is 10.0 Å². The van der Waals surface area contributed by atoms with Crippen LogP contribution in [0.25, 0.3) is 0 Å². The molecule has 1 N–H and O–H groups in total. The third-order valence-electron chi connectivity index (χ3n) is 6.80. The lowest BCUT2D eigenvalue weighted by atomic mass is 10.1. The number of sulfonamides is 1. The van der Waals surface area contributed by atoms with Crippen molar-refractivity contribution >= 4 is 17.6 Å². The van der Waals surface area contributed by atoms with Crippen molar-refractivity contribution in [2.45, 2.75) is 43.8 Å². The van der Waals surface area contributed by atoms with E-state index in [0.29, 0.717) is 34.6 Å². The van der Waals surface area contributed by atoms with Gasteiger partial charge in [-0.1, -0.05) is 78.4 Å². The lowest BCUT2D eigenvalue weighted by Gasteiger charge is -2.37. The number of benzene rings is 4. The molecule has 0 bridgehead atoms. The van der Waals surface area contributed by atoms with Gasteiger partial charge < -0.3 is 9.05 Å². The quantitative estimate of drug-likeness (QED) is 0.239. The summed E-state index contributed by atoms with van der Waals surface area (Å²) in [5, 5.41) is -1.67. The monoisotopic (exact) mass is 547 g/mol. The van der Waals surface area contributed by atoms with Gasteiger partial charge in [0.25, 0.3) is 0 Å². The Kier molecular flexibility index (Phi) is 6.95. The summed E-state index contributed by atoms with van der Waals surface area (Å²) in [5.74, 6) is 0.634. The third kappa shape index (κ3) is 4.78. The normalized spacial score (nSPS) is 17.1. The summed E-state index contributed by atoms with van der Waals surface area (Å²) in [4.78, 5) is 0.165. The lowest BCUT2D eigenvalue weighted by Crippen LogP contribution is -2.46. The first-order valence-corrected chi connectivity index (χ1v) is 15.5. The zero-order chi connectivity index (χ0) is 27.0. The fraction of sp³-hybridized carbons (Fsp3) is 0.200. The highest BCUT2D eigenvalue weighted by atomic mass is 32.2. The molecule has 0 saturated heterocycles. The molecule has 0 aliphatic heterocycles. The molecule has 0 saturated carbocycles. The molecular weight excluding hydrogens is 517 g/mol. The number of aryl methyl sites for hydroxylation is 4. The van der Waals surface area contributed by atoms with Crippen molar-refractivity contribution in [1.29, 1.82) is 0 Å². The van der Waals surface area contributed by atoms with Gasteiger partial charge in [0, 0.05) is 0 Å². The van der Waals surface area contributed by atoms with E-state index in [-0.39, 0.29) is 11.3 Å². The Hall–Kier alpha value is -3.38. The van der Waals surface area contributed by atoms with Gasteiger partial charge in [0.05, 0.1) is 4.90 Å². The molecule has 0 fully saturated rings. The van der Waals surface area contributed by atoms with Crippen molar-refractivity contribution in [3.05, 3.63) is 125 Å². The number of hydrogen-bond donors (Lipinski definition) is 1. The predicted octanol–water partition coefficient (Wildman–Crippen LogP) is 7.04. The van der Waals surface area contributed by atoms with Crippen LogP contribution in [0.3, 0.4) is 0 Å².